The second-order valence-corrected chi connectivity index (χ2v) is 5.00. The number of anilines is 2. The summed E-state index contributed by atoms with van der Waals surface area (Å²) in [5.74, 6) is -2.17. The second-order valence-electron chi connectivity index (χ2n) is 4.24. The van der Waals surface area contributed by atoms with Gasteiger partial charge in [0.25, 0.3) is 5.91 Å². The van der Waals surface area contributed by atoms with Gasteiger partial charge in [-0.3, -0.25) is 9.69 Å². The molecular weight excluding hydrogens is 325 g/mol. The Balaban J connectivity index is 2.53. The van der Waals surface area contributed by atoms with E-state index in [0.29, 0.717) is 11.4 Å². The molecule has 0 unspecified atom stereocenters. The number of carbonyl (C=O) groups is 2. The van der Waals surface area contributed by atoms with Crippen LogP contribution in [-0.2, 0) is 9.59 Å². The molecule has 1 amide bonds. The first-order valence-corrected chi connectivity index (χ1v) is 7.01. The Hall–Kier alpha value is -2.30. The van der Waals surface area contributed by atoms with Gasteiger partial charge in [0, 0.05) is 11.4 Å². The van der Waals surface area contributed by atoms with Crippen LogP contribution in [0.15, 0.2) is 70.7 Å². The van der Waals surface area contributed by atoms with Gasteiger partial charge < -0.3 is 5.11 Å². The topological polar surface area (TPSA) is 57.6 Å². The summed E-state index contributed by atoms with van der Waals surface area (Å²) in [6.45, 7) is 0. The van der Waals surface area contributed by atoms with Gasteiger partial charge in [0.05, 0.1) is 0 Å². The molecule has 0 aliphatic rings. The maximum absolute atomic E-state index is 12.6. The maximum Gasteiger partial charge on any atom is 0.349 e. The van der Waals surface area contributed by atoms with E-state index in [-0.39, 0.29) is 0 Å². The van der Waals surface area contributed by atoms with Crippen LogP contribution in [0.1, 0.15) is 0 Å². The molecule has 22 heavy (non-hydrogen) atoms. The summed E-state index contributed by atoms with van der Waals surface area (Å²) < 4.78 is 0. The van der Waals surface area contributed by atoms with Crippen LogP contribution in [0.5, 0.6) is 0 Å². The normalized spacial score (nSPS) is 11.5. The van der Waals surface area contributed by atoms with E-state index in [4.69, 9.17) is 28.3 Å². The molecule has 2 rings (SSSR count). The minimum atomic E-state index is -1.46. The van der Waals surface area contributed by atoms with Crippen LogP contribution in [0.2, 0.25) is 0 Å². The fraction of sp³-hybridized carbons (Fsp3) is 0. The smallest absolute Gasteiger partial charge is 0.349 e. The van der Waals surface area contributed by atoms with Gasteiger partial charge in [0.15, 0.2) is 0 Å². The van der Waals surface area contributed by atoms with Crippen LogP contribution in [-0.4, -0.2) is 17.0 Å². The van der Waals surface area contributed by atoms with Gasteiger partial charge in [-0.05, 0) is 24.3 Å². The van der Waals surface area contributed by atoms with Crippen LogP contribution in [0, 0.1) is 0 Å². The van der Waals surface area contributed by atoms with Gasteiger partial charge in [-0.25, -0.2) is 4.79 Å². The second kappa shape index (κ2) is 7.11. The lowest BCUT2D eigenvalue weighted by Crippen LogP contribution is -2.27. The van der Waals surface area contributed by atoms with Crippen LogP contribution < -0.4 is 4.90 Å². The van der Waals surface area contributed by atoms with Crippen LogP contribution >= 0.6 is 23.2 Å². The number of hydrogen-bond acceptors (Lipinski definition) is 2. The van der Waals surface area contributed by atoms with Crippen LogP contribution in [0.4, 0.5) is 11.4 Å². The number of para-hydroxylation sites is 2. The highest BCUT2D eigenvalue weighted by Gasteiger charge is 2.25. The van der Waals surface area contributed by atoms with Crippen molar-refractivity contribution < 1.29 is 14.7 Å². The van der Waals surface area contributed by atoms with E-state index in [1.165, 1.54) is 4.90 Å². The Morgan fingerprint density at radius 3 is 1.55 bits per heavy atom. The van der Waals surface area contributed by atoms with Gasteiger partial charge in [-0.2, -0.15) is 0 Å². The molecule has 1 N–H and O–H groups in total. The molecule has 0 fully saturated rings. The number of carboxylic acid groups (broad SMARTS) is 1. The highest BCUT2D eigenvalue weighted by atomic mass is 35.5. The molecule has 0 heterocycles. The number of hydrogen-bond donors (Lipinski definition) is 1. The summed E-state index contributed by atoms with van der Waals surface area (Å²) >= 11 is 11.4. The summed E-state index contributed by atoms with van der Waals surface area (Å²) in [5.41, 5.74) is 1.10. The number of rotatable bonds is 4. The monoisotopic (exact) mass is 335 g/mol. The van der Waals surface area contributed by atoms with E-state index in [0.717, 1.165) is 0 Å². The summed E-state index contributed by atoms with van der Waals surface area (Å²) in [5, 5.41) is 7.61. The van der Waals surface area contributed by atoms with E-state index < -0.39 is 21.9 Å². The minimum Gasteiger partial charge on any atom is -0.477 e. The largest absolute Gasteiger partial charge is 0.477 e. The highest BCUT2D eigenvalue weighted by Crippen LogP contribution is 2.29. The Morgan fingerprint density at radius 1 is 0.773 bits per heavy atom. The summed E-state index contributed by atoms with van der Waals surface area (Å²) in [6.07, 6.45) is 0. The van der Waals surface area contributed by atoms with Gasteiger partial charge in [-0.15, -0.1) is 0 Å². The number of nitrogens with zero attached hydrogens (tertiary/aromatic N) is 1. The lowest BCUT2D eigenvalue weighted by molar-refractivity contribution is -0.132. The molecule has 4 nitrogen and oxygen atoms in total. The third kappa shape index (κ3) is 3.47. The van der Waals surface area contributed by atoms with Crippen molar-refractivity contribution in [1.82, 2.24) is 0 Å². The Bertz CT molecular complexity index is 675. The standard InChI is InChI=1S/C16H11Cl2NO3/c17-13(14(18)16(21)22)15(20)19(11-7-3-1-4-8-11)12-9-5-2-6-10-12/h1-10H,(H,21,22). The molecule has 0 bridgehead atoms. The van der Waals surface area contributed by atoms with E-state index in [1.54, 1.807) is 60.7 Å². The number of carbonyl (C=O) groups excluding carboxylic acids is 1. The van der Waals surface area contributed by atoms with Gasteiger partial charge in [0.2, 0.25) is 0 Å². The third-order valence-electron chi connectivity index (χ3n) is 2.80. The van der Waals surface area contributed by atoms with Crippen molar-refractivity contribution >= 4 is 46.5 Å². The van der Waals surface area contributed by atoms with Crippen molar-refractivity contribution in [3.8, 4) is 0 Å². The first-order chi connectivity index (χ1) is 10.5. The van der Waals surface area contributed by atoms with Crippen LogP contribution in [0.3, 0.4) is 0 Å². The highest BCUT2D eigenvalue weighted by molar-refractivity contribution is 6.54. The van der Waals surface area contributed by atoms with Crippen molar-refractivity contribution in [3.05, 3.63) is 70.7 Å². The fourth-order valence-electron chi connectivity index (χ4n) is 1.82. The molecule has 0 saturated heterocycles. The zero-order chi connectivity index (χ0) is 16.1. The molecule has 0 spiro atoms. The molecule has 2 aromatic rings. The fourth-order valence-corrected chi connectivity index (χ4v) is 2.07. The SMILES string of the molecule is O=C(O)C(Cl)=C(Cl)C(=O)N(c1ccccc1)c1ccccc1. The predicted molar refractivity (Wildman–Crippen MR) is 86.4 cm³/mol. The van der Waals surface area contributed by atoms with E-state index >= 15 is 0 Å². The van der Waals surface area contributed by atoms with Crippen molar-refractivity contribution in [2.45, 2.75) is 0 Å². The third-order valence-corrected chi connectivity index (χ3v) is 3.60. The van der Waals surface area contributed by atoms with Gasteiger partial charge >= 0.3 is 5.97 Å². The number of halogens is 2. The number of aliphatic carboxylic acids is 1. The predicted octanol–water partition coefficient (Wildman–Crippen LogP) is 4.13. The molecule has 0 saturated carbocycles. The zero-order valence-corrected chi connectivity index (χ0v) is 12.8. The average Bonchev–Trinajstić information content (AvgIpc) is 2.55. The molecule has 0 aliphatic carbocycles. The molecule has 0 aliphatic heterocycles. The molecule has 112 valence electrons. The van der Waals surface area contributed by atoms with Crippen molar-refractivity contribution in [2.75, 3.05) is 4.90 Å². The summed E-state index contributed by atoms with van der Waals surface area (Å²) in [6, 6.07) is 17.5. The first-order valence-electron chi connectivity index (χ1n) is 6.25. The molecular formula is C16H11Cl2NO3. The van der Waals surface area contributed by atoms with E-state index in [1.807, 2.05) is 0 Å². The van der Waals surface area contributed by atoms with E-state index in [2.05, 4.69) is 0 Å². The van der Waals surface area contributed by atoms with E-state index in [9.17, 15) is 9.59 Å². The average molecular weight is 336 g/mol. The lowest BCUT2D eigenvalue weighted by atomic mass is 10.2. The van der Waals surface area contributed by atoms with Crippen molar-refractivity contribution in [3.63, 3.8) is 0 Å². The first kappa shape index (κ1) is 16.1. The molecule has 0 atom stereocenters. The number of benzene rings is 2. The molecule has 0 radical (unpaired) electrons. The van der Waals surface area contributed by atoms with Gasteiger partial charge in [0.1, 0.15) is 10.1 Å². The lowest BCUT2D eigenvalue weighted by Gasteiger charge is -2.22. The molecule has 0 aromatic heterocycles. The zero-order valence-electron chi connectivity index (χ0n) is 11.2. The summed E-state index contributed by atoms with van der Waals surface area (Å²) in [4.78, 5) is 24.8. The van der Waals surface area contributed by atoms with Crippen molar-refractivity contribution in [2.24, 2.45) is 0 Å². The van der Waals surface area contributed by atoms with Crippen LogP contribution in [0.25, 0.3) is 0 Å². The Kier molecular flexibility index (Phi) is 5.20. The Labute approximate surface area is 137 Å². The number of carboxylic acids is 1. The van der Waals surface area contributed by atoms with Crippen molar-refractivity contribution in [1.29, 1.82) is 0 Å². The molecule has 2 aromatic carbocycles. The summed E-state index contributed by atoms with van der Waals surface area (Å²) in [7, 11) is 0. The molecule has 6 heteroatoms. The Morgan fingerprint density at radius 2 is 1.18 bits per heavy atom. The number of amides is 1. The maximum atomic E-state index is 12.6. The quantitative estimate of drug-likeness (QED) is 0.855. The van der Waals surface area contributed by atoms with Gasteiger partial charge in [-0.1, -0.05) is 59.6 Å². The minimum absolute atomic E-state index is 0.548.